The van der Waals surface area contributed by atoms with E-state index in [1.165, 1.54) is 6.42 Å². The van der Waals surface area contributed by atoms with Crippen molar-refractivity contribution >= 4 is 23.6 Å². The van der Waals surface area contributed by atoms with Crippen LogP contribution in [0.5, 0.6) is 0 Å². The van der Waals surface area contributed by atoms with E-state index in [-0.39, 0.29) is 11.9 Å². The molecule has 0 radical (unpaired) electrons. The van der Waals surface area contributed by atoms with Crippen LogP contribution in [0.2, 0.25) is 0 Å². The monoisotopic (exact) mass is 287 g/mol. The molecule has 5 nitrogen and oxygen atoms in total. The van der Waals surface area contributed by atoms with Gasteiger partial charge in [-0.05, 0) is 31.9 Å². The molecule has 4 unspecified atom stereocenters. The quantitative estimate of drug-likeness (QED) is 0.817. The number of aliphatic carboxylic acids is 1. The number of rotatable bonds is 4. The molecule has 1 aliphatic carbocycles. The van der Waals surface area contributed by atoms with Crippen molar-refractivity contribution in [1.82, 2.24) is 5.32 Å². The Labute approximate surface area is 117 Å². The van der Waals surface area contributed by atoms with Crippen LogP contribution >= 0.6 is 11.8 Å². The Morgan fingerprint density at radius 1 is 1.16 bits per heavy atom. The summed E-state index contributed by atoms with van der Waals surface area (Å²) in [4.78, 5) is 22.9. The van der Waals surface area contributed by atoms with Crippen LogP contribution in [-0.4, -0.2) is 46.7 Å². The Bertz CT molecular complexity index is 350. The van der Waals surface area contributed by atoms with E-state index in [1.54, 1.807) is 11.8 Å². The van der Waals surface area contributed by atoms with Gasteiger partial charge in [-0.3, -0.25) is 4.79 Å². The molecule has 1 saturated carbocycles. The van der Waals surface area contributed by atoms with Crippen LogP contribution in [0.15, 0.2) is 0 Å². The summed E-state index contributed by atoms with van der Waals surface area (Å²) in [6.45, 7) is 0. The third-order valence-electron chi connectivity index (χ3n) is 3.92. The van der Waals surface area contributed by atoms with E-state index >= 15 is 0 Å². The SMILES string of the molecule is CSC1CCCCC1NC(=O)C1CCC(C(=O)O)O1. The molecule has 0 bridgehead atoms. The van der Waals surface area contributed by atoms with Crippen molar-refractivity contribution < 1.29 is 19.4 Å². The van der Waals surface area contributed by atoms with Crippen LogP contribution in [0.3, 0.4) is 0 Å². The zero-order valence-electron chi connectivity index (χ0n) is 11.1. The van der Waals surface area contributed by atoms with Crippen LogP contribution in [-0.2, 0) is 14.3 Å². The highest BCUT2D eigenvalue weighted by molar-refractivity contribution is 7.99. The van der Waals surface area contributed by atoms with Gasteiger partial charge in [-0.25, -0.2) is 4.79 Å². The molecule has 4 atom stereocenters. The van der Waals surface area contributed by atoms with E-state index in [0.29, 0.717) is 18.1 Å². The van der Waals surface area contributed by atoms with Gasteiger partial charge in [0, 0.05) is 11.3 Å². The molecule has 2 aliphatic rings. The summed E-state index contributed by atoms with van der Waals surface area (Å²) in [6.07, 6.45) is 6.08. The first-order valence-corrected chi connectivity index (χ1v) is 8.12. The third kappa shape index (κ3) is 3.63. The molecule has 1 aliphatic heterocycles. The summed E-state index contributed by atoms with van der Waals surface area (Å²) in [7, 11) is 0. The average Bonchev–Trinajstić information content (AvgIpc) is 2.89. The van der Waals surface area contributed by atoms with Gasteiger partial charge < -0.3 is 15.2 Å². The Balaban J connectivity index is 1.85. The normalized spacial score (nSPS) is 35.0. The predicted octanol–water partition coefficient (Wildman–Crippen LogP) is 1.41. The van der Waals surface area contributed by atoms with Crippen LogP contribution < -0.4 is 5.32 Å². The molecule has 2 fully saturated rings. The Morgan fingerprint density at radius 2 is 1.84 bits per heavy atom. The first-order chi connectivity index (χ1) is 9.11. The molecule has 19 heavy (non-hydrogen) atoms. The van der Waals surface area contributed by atoms with E-state index < -0.39 is 18.2 Å². The average molecular weight is 287 g/mol. The highest BCUT2D eigenvalue weighted by Gasteiger charge is 2.36. The van der Waals surface area contributed by atoms with Gasteiger partial charge in [0.1, 0.15) is 6.10 Å². The minimum Gasteiger partial charge on any atom is -0.479 e. The molecule has 0 spiro atoms. The fourth-order valence-corrected chi connectivity index (χ4v) is 3.77. The predicted molar refractivity (Wildman–Crippen MR) is 73.2 cm³/mol. The van der Waals surface area contributed by atoms with Gasteiger partial charge in [0.15, 0.2) is 6.10 Å². The van der Waals surface area contributed by atoms with Crippen LogP contribution in [0.4, 0.5) is 0 Å². The second-order valence-electron chi connectivity index (χ2n) is 5.20. The topological polar surface area (TPSA) is 75.6 Å². The molecule has 2 rings (SSSR count). The summed E-state index contributed by atoms with van der Waals surface area (Å²) in [6, 6.07) is 0.198. The maximum atomic E-state index is 12.1. The lowest BCUT2D eigenvalue weighted by molar-refractivity contribution is -0.151. The van der Waals surface area contributed by atoms with Gasteiger partial charge in [-0.2, -0.15) is 11.8 Å². The number of carbonyl (C=O) groups is 2. The number of nitrogens with one attached hydrogen (secondary N) is 1. The van der Waals surface area contributed by atoms with Gasteiger partial charge in [-0.1, -0.05) is 12.8 Å². The van der Waals surface area contributed by atoms with E-state index in [2.05, 4.69) is 11.6 Å². The number of carboxylic acid groups (broad SMARTS) is 1. The Morgan fingerprint density at radius 3 is 2.47 bits per heavy atom. The maximum absolute atomic E-state index is 12.1. The second kappa shape index (κ2) is 6.61. The van der Waals surface area contributed by atoms with E-state index in [9.17, 15) is 9.59 Å². The summed E-state index contributed by atoms with van der Waals surface area (Å²) in [5.74, 6) is -1.12. The molecule has 2 N–H and O–H groups in total. The van der Waals surface area contributed by atoms with Crippen molar-refractivity contribution in [3.05, 3.63) is 0 Å². The summed E-state index contributed by atoms with van der Waals surface area (Å²) >= 11 is 1.79. The number of hydrogen-bond donors (Lipinski definition) is 2. The molecule has 0 aromatic heterocycles. The second-order valence-corrected chi connectivity index (χ2v) is 6.28. The van der Waals surface area contributed by atoms with E-state index in [1.807, 2.05) is 0 Å². The first kappa shape index (κ1) is 14.7. The summed E-state index contributed by atoms with van der Waals surface area (Å²) in [5.41, 5.74) is 0. The van der Waals surface area contributed by atoms with E-state index in [0.717, 1.165) is 19.3 Å². The van der Waals surface area contributed by atoms with Crippen LogP contribution in [0.25, 0.3) is 0 Å². The van der Waals surface area contributed by atoms with E-state index in [4.69, 9.17) is 9.84 Å². The zero-order valence-corrected chi connectivity index (χ0v) is 11.9. The molecular weight excluding hydrogens is 266 g/mol. The Kier molecular flexibility index (Phi) is 5.10. The van der Waals surface area contributed by atoms with Gasteiger partial charge in [0.2, 0.25) is 5.91 Å². The van der Waals surface area contributed by atoms with Crippen molar-refractivity contribution in [2.24, 2.45) is 0 Å². The van der Waals surface area contributed by atoms with Crippen molar-refractivity contribution in [1.29, 1.82) is 0 Å². The fraction of sp³-hybridized carbons (Fsp3) is 0.846. The highest BCUT2D eigenvalue weighted by Crippen LogP contribution is 2.28. The third-order valence-corrected chi connectivity index (χ3v) is 5.09. The van der Waals surface area contributed by atoms with Gasteiger partial charge in [-0.15, -0.1) is 0 Å². The van der Waals surface area contributed by atoms with Crippen molar-refractivity contribution in [3.63, 3.8) is 0 Å². The standard InChI is InChI=1S/C13H21NO4S/c1-19-11-5-3-2-4-8(11)14-12(15)9-6-7-10(18-9)13(16)17/h8-11H,2-7H2,1H3,(H,14,15)(H,16,17). The molecule has 0 aromatic carbocycles. The zero-order chi connectivity index (χ0) is 13.8. The maximum Gasteiger partial charge on any atom is 0.332 e. The van der Waals surface area contributed by atoms with Gasteiger partial charge in [0.25, 0.3) is 0 Å². The fourth-order valence-electron chi connectivity index (χ4n) is 2.83. The van der Waals surface area contributed by atoms with Crippen molar-refractivity contribution in [2.75, 3.05) is 6.26 Å². The molecule has 108 valence electrons. The number of hydrogen-bond acceptors (Lipinski definition) is 4. The lowest BCUT2D eigenvalue weighted by atomic mass is 9.94. The number of thioether (sulfide) groups is 1. The molecule has 1 amide bonds. The smallest absolute Gasteiger partial charge is 0.332 e. The molecule has 0 aromatic rings. The van der Waals surface area contributed by atoms with Crippen molar-refractivity contribution in [3.8, 4) is 0 Å². The van der Waals surface area contributed by atoms with Crippen molar-refractivity contribution in [2.45, 2.75) is 62.0 Å². The number of amides is 1. The first-order valence-electron chi connectivity index (χ1n) is 6.83. The minimum absolute atomic E-state index is 0.144. The minimum atomic E-state index is -0.977. The molecule has 6 heteroatoms. The lowest BCUT2D eigenvalue weighted by Gasteiger charge is -2.31. The number of carbonyl (C=O) groups excluding carboxylic acids is 1. The number of carboxylic acids is 1. The Hall–Kier alpha value is -0.750. The molecule has 1 saturated heterocycles. The summed E-state index contributed by atoms with van der Waals surface area (Å²) in [5, 5.41) is 12.4. The summed E-state index contributed by atoms with van der Waals surface area (Å²) < 4.78 is 5.28. The number of ether oxygens (including phenoxy) is 1. The van der Waals surface area contributed by atoms with Gasteiger partial charge >= 0.3 is 5.97 Å². The van der Waals surface area contributed by atoms with Crippen LogP contribution in [0, 0.1) is 0 Å². The molecular formula is C13H21NO4S. The highest BCUT2D eigenvalue weighted by atomic mass is 32.2. The van der Waals surface area contributed by atoms with Crippen LogP contribution in [0.1, 0.15) is 38.5 Å². The molecule has 1 heterocycles. The van der Waals surface area contributed by atoms with Gasteiger partial charge in [0.05, 0.1) is 0 Å². The largest absolute Gasteiger partial charge is 0.479 e. The lowest BCUT2D eigenvalue weighted by Crippen LogP contribution is -2.47.